The van der Waals surface area contributed by atoms with Crippen molar-refractivity contribution in [1.29, 1.82) is 0 Å². The van der Waals surface area contributed by atoms with Gasteiger partial charge in [-0.05, 0) is 55.4 Å². The van der Waals surface area contributed by atoms with E-state index in [0.29, 0.717) is 16.5 Å². The van der Waals surface area contributed by atoms with E-state index in [2.05, 4.69) is 10.3 Å². The molecule has 3 rings (SSSR count). The Hall–Kier alpha value is -2.80. The van der Waals surface area contributed by atoms with E-state index in [9.17, 15) is 14.0 Å². The fourth-order valence-corrected chi connectivity index (χ4v) is 3.26. The first-order valence-electron chi connectivity index (χ1n) is 8.81. The van der Waals surface area contributed by atoms with Gasteiger partial charge in [0, 0.05) is 11.6 Å². The lowest BCUT2D eigenvalue weighted by Gasteiger charge is -2.15. The second-order valence-corrected chi connectivity index (χ2v) is 6.66. The number of carbonyl (C=O) groups is 1. The Labute approximate surface area is 160 Å². The van der Waals surface area contributed by atoms with Crippen LogP contribution >= 0.6 is 12.2 Å². The summed E-state index contributed by atoms with van der Waals surface area (Å²) in [4.78, 5) is 28.2. The van der Waals surface area contributed by atoms with Gasteiger partial charge in [-0.25, -0.2) is 8.96 Å². The molecule has 0 fully saturated rings. The normalized spacial score (nSPS) is 11.1. The highest BCUT2D eigenvalue weighted by atomic mass is 32.1. The van der Waals surface area contributed by atoms with Crippen molar-refractivity contribution in [2.75, 3.05) is 0 Å². The van der Waals surface area contributed by atoms with E-state index in [-0.39, 0.29) is 22.4 Å². The van der Waals surface area contributed by atoms with Crippen LogP contribution in [0.25, 0.3) is 16.6 Å². The molecular weight excluding hydrogens is 365 g/mol. The predicted octanol–water partition coefficient (Wildman–Crippen LogP) is 4.11. The molecule has 5 nitrogen and oxygen atoms in total. The molecular formula is C20H20FN3O2S. The summed E-state index contributed by atoms with van der Waals surface area (Å²) in [6, 6.07) is 10.8. The van der Waals surface area contributed by atoms with Crippen molar-refractivity contribution in [1.82, 2.24) is 14.9 Å². The van der Waals surface area contributed by atoms with Crippen molar-refractivity contribution in [2.45, 2.75) is 32.7 Å². The van der Waals surface area contributed by atoms with Gasteiger partial charge in [0.2, 0.25) is 0 Å². The number of nitrogens with zero attached hydrogens (tertiary/aromatic N) is 1. The maximum atomic E-state index is 14.1. The quantitative estimate of drug-likeness (QED) is 0.650. The molecule has 1 amide bonds. The van der Waals surface area contributed by atoms with Crippen molar-refractivity contribution in [3.05, 3.63) is 69.0 Å². The third kappa shape index (κ3) is 3.68. The number of fused-ring (bicyclic) bond motifs is 1. The summed E-state index contributed by atoms with van der Waals surface area (Å²) >= 11 is 5.27. The number of nitrogens with one attached hydrogen (secondary N) is 2. The van der Waals surface area contributed by atoms with Gasteiger partial charge in [-0.1, -0.05) is 26.0 Å². The highest BCUT2D eigenvalue weighted by Crippen LogP contribution is 2.15. The van der Waals surface area contributed by atoms with Gasteiger partial charge in [0.15, 0.2) is 4.77 Å². The van der Waals surface area contributed by atoms with E-state index < -0.39 is 11.4 Å². The van der Waals surface area contributed by atoms with Gasteiger partial charge >= 0.3 is 0 Å². The number of aromatic nitrogens is 2. The van der Waals surface area contributed by atoms with Crippen LogP contribution < -0.4 is 10.9 Å². The monoisotopic (exact) mass is 385 g/mol. The average Bonchev–Trinajstić information content (AvgIpc) is 2.66. The van der Waals surface area contributed by atoms with Gasteiger partial charge in [-0.3, -0.25) is 9.59 Å². The molecule has 0 aliphatic rings. The summed E-state index contributed by atoms with van der Waals surface area (Å²) in [6.07, 6.45) is 1.68. The molecule has 7 heteroatoms. The van der Waals surface area contributed by atoms with Crippen molar-refractivity contribution in [3.63, 3.8) is 0 Å². The first-order chi connectivity index (χ1) is 13.0. The Morgan fingerprint density at radius 1 is 1.22 bits per heavy atom. The Bertz CT molecular complexity index is 1120. The number of aromatic amines is 1. The van der Waals surface area contributed by atoms with Crippen LogP contribution in [0.15, 0.2) is 47.3 Å². The fourth-order valence-electron chi connectivity index (χ4n) is 2.97. The molecule has 0 atom stereocenters. The van der Waals surface area contributed by atoms with Crippen molar-refractivity contribution >= 4 is 29.0 Å². The number of carbonyl (C=O) groups excluding carboxylic acids is 1. The zero-order chi connectivity index (χ0) is 19.6. The smallest absolute Gasteiger partial charge is 0.266 e. The third-order valence-electron chi connectivity index (χ3n) is 4.57. The van der Waals surface area contributed by atoms with Gasteiger partial charge in [-0.15, -0.1) is 0 Å². The van der Waals surface area contributed by atoms with E-state index >= 15 is 0 Å². The summed E-state index contributed by atoms with van der Waals surface area (Å²) in [7, 11) is 0. The van der Waals surface area contributed by atoms with Crippen molar-refractivity contribution in [2.24, 2.45) is 0 Å². The van der Waals surface area contributed by atoms with Crippen LogP contribution in [0.2, 0.25) is 0 Å². The number of benzene rings is 2. The maximum absolute atomic E-state index is 14.1. The Morgan fingerprint density at radius 3 is 2.59 bits per heavy atom. The second kappa shape index (κ2) is 7.84. The lowest BCUT2D eigenvalue weighted by atomic mass is 10.1. The standard InChI is InChI=1S/C20H20FN3O2S/c1-3-13(4-2)22-18(25)12-9-10-14-16(11-12)23-20(27)24(19(14)26)17-8-6-5-7-15(17)21/h5-11,13H,3-4H2,1-2H3,(H,22,25)(H,23,27). The van der Waals surface area contributed by atoms with Crippen molar-refractivity contribution < 1.29 is 9.18 Å². The first kappa shape index (κ1) is 19.0. The topological polar surface area (TPSA) is 66.9 Å². The number of halogens is 1. The highest BCUT2D eigenvalue weighted by molar-refractivity contribution is 7.71. The minimum Gasteiger partial charge on any atom is -0.349 e. The van der Waals surface area contributed by atoms with E-state index in [4.69, 9.17) is 12.2 Å². The van der Waals surface area contributed by atoms with Gasteiger partial charge in [0.25, 0.3) is 11.5 Å². The van der Waals surface area contributed by atoms with Gasteiger partial charge in [0.05, 0.1) is 16.6 Å². The minimum absolute atomic E-state index is 0.0650. The van der Waals surface area contributed by atoms with Crippen molar-refractivity contribution in [3.8, 4) is 5.69 Å². The molecule has 1 aromatic heterocycles. The summed E-state index contributed by atoms with van der Waals surface area (Å²) in [5.41, 5.74) is 0.518. The van der Waals surface area contributed by atoms with Crippen LogP contribution in [0.3, 0.4) is 0 Å². The highest BCUT2D eigenvalue weighted by Gasteiger charge is 2.14. The van der Waals surface area contributed by atoms with Crippen LogP contribution in [-0.4, -0.2) is 21.5 Å². The van der Waals surface area contributed by atoms with E-state index in [0.717, 1.165) is 17.4 Å². The molecule has 0 spiro atoms. The second-order valence-electron chi connectivity index (χ2n) is 6.27. The van der Waals surface area contributed by atoms with E-state index in [1.54, 1.807) is 30.3 Å². The van der Waals surface area contributed by atoms with Crippen LogP contribution in [0.4, 0.5) is 4.39 Å². The number of para-hydroxylation sites is 1. The molecule has 0 aliphatic carbocycles. The number of hydrogen-bond donors (Lipinski definition) is 2. The van der Waals surface area contributed by atoms with Gasteiger partial charge < -0.3 is 10.3 Å². The van der Waals surface area contributed by atoms with Gasteiger partial charge in [0.1, 0.15) is 5.82 Å². The molecule has 0 aliphatic heterocycles. The van der Waals surface area contributed by atoms with E-state index in [1.165, 1.54) is 12.1 Å². The van der Waals surface area contributed by atoms with E-state index in [1.807, 2.05) is 13.8 Å². The molecule has 1 heterocycles. The number of H-pyrrole nitrogens is 1. The molecule has 2 aromatic carbocycles. The summed E-state index contributed by atoms with van der Waals surface area (Å²) < 4.78 is 15.3. The SMILES string of the molecule is CCC(CC)NC(=O)c1ccc2c(=O)n(-c3ccccc3F)c(=S)[nH]c2c1. The van der Waals surface area contributed by atoms with Crippen LogP contribution in [0.5, 0.6) is 0 Å². The maximum Gasteiger partial charge on any atom is 0.266 e. The number of hydrogen-bond acceptors (Lipinski definition) is 3. The molecule has 2 N–H and O–H groups in total. The molecule has 27 heavy (non-hydrogen) atoms. The largest absolute Gasteiger partial charge is 0.349 e. The molecule has 0 unspecified atom stereocenters. The van der Waals surface area contributed by atoms with Crippen LogP contribution in [-0.2, 0) is 0 Å². The minimum atomic E-state index is -0.542. The summed E-state index contributed by atoms with van der Waals surface area (Å²) in [5.74, 6) is -0.747. The molecule has 140 valence electrons. The molecule has 0 radical (unpaired) electrons. The molecule has 0 saturated heterocycles. The van der Waals surface area contributed by atoms with Gasteiger partial charge in [-0.2, -0.15) is 0 Å². The molecule has 3 aromatic rings. The lowest BCUT2D eigenvalue weighted by molar-refractivity contribution is 0.0935. The number of amides is 1. The zero-order valence-corrected chi connectivity index (χ0v) is 15.9. The molecule has 0 bridgehead atoms. The van der Waals surface area contributed by atoms with Crippen LogP contribution in [0, 0.1) is 10.6 Å². The van der Waals surface area contributed by atoms with Crippen LogP contribution in [0.1, 0.15) is 37.0 Å². The average molecular weight is 385 g/mol. The Kier molecular flexibility index (Phi) is 5.51. The number of rotatable bonds is 5. The Balaban J connectivity index is 2.09. The Morgan fingerprint density at radius 2 is 1.93 bits per heavy atom. The summed E-state index contributed by atoms with van der Waals surface area (Å²) in [5, 5.41) is 3.28. The predicted molar refractivity (Wildman–Crippen MR) is 107 cm³/mol. The zero-order valence-electron chi connectivity index (χ0n) is 15.1. The fraction of sp³-hybridized carbons (Fsp3) is 0.250. The summed E-state index contributed by atoms with van der Waals surface area (Å²) in [6.45, 7) is 4.02. The first-order valence-corrected chi connectivity index (χ1v) is 9.22. The lowest BCUT2D eigenvalue weighted by Crippen LogP contribution is -2.33. The third-order valence-corrected chi connectivity index (χ3v) is 4.86. The molecule has 0 saturated carbocycles.